The maximum Gasteiger partial charge on any atom is 0.338 e. The fraction of sp³-hybridized carbons (Fsp3) is 0.400. The molecule has 1 saturated heterocycles. The van der Waals surface area contributed by atoms with Crippen LogP contribution in [0.2, 0.25) is 0 Å². The summed E-state index contributed by atoms with van der Waals surface area (Å²) < 4.78 is 17.7. The monoisotopic (exact) mass is 308 g/mol. The predicted octanol–water partition coefficient (Wildman–Crippen LogP) is 0.706. The highest BCUT2D eigenvalue weighted by Crippen LogP contribution is 2.16. The molecule has 1 aliphatic rings. The van der Waals surface area contributed by atoms with Gasteiger partial charge in [0.05, 0.1) is 11.5 Å². The number of carbonyl (C=O) groups excluding carboxylic acids is 3. The van der Waals surface area contributed by atoms with Crippen molar-refractivity contribution in [2.45, 2.75) is 12.8 Å². The Balaban J connectivity index is 1.85. The van der Waals surface area contributed by atoms with E-state index in [1.54, 1.807) is 0 Å². The lowest BCUT2D eigenvalue weighted by Crippen LogP contribution is -2.45. The zero-order chi connectivity index (χ0) is 16.1. The Morgan fingerprint density at radius 1 is 1.27 bits per heavy atom. The summed E-state index contributed by atoms with van der Waals surface area (Å²) in [6.07, 6.45) is 1.35. The number of amides is 2. The first-order valence-electron chi connectivity index (χ1n) is 6.97. The number of likely N-dealkylation sites (tertiary alicyclic amines) is 1. The van der Waals surface area contributed by atoms with Crippen LogP contribution in [-0.4, -0.2) is 42.4 Å². The molecule has 2 amide bonds. The lowest BCUT2D eigenvalue weighted by Gasteiger charge is -2.31. The van der Waals surface area contributed by atoms with Crippen LogP contribution in [0.5, 0.6) is 0 Å². The fourth-order valence-corrected chi connectivity index (χ4v) is 2.32. The molecule has 2 N–H and O–H groups in total. The molecular formula is C15H17FN2O4. The van der Waals surface area contributed by atoms with Gasteiger partial charge in [0.2, 0.25) is 5.91 Å². The lowest BCUT2D eigenvalue weighted by atomic mass is 9.97. The fourth-order valence-electron chi connectivity index (χ4n) is 2.32. The Bertz CT molecular complexity index is 573. The van der Waals surface area contributed by atoms with E-state index in [2.05, 4.69) is 0 Å². The van der Waals surface area contributed by atoms with E-state index in [1.165, 1.54) is 17.0 Å². The van der Waals surface area contributed by atoms with Crippen LogP contribution in [0.25, 0.3) is 0 Å². The molecule has 1 atom stereocenters. The number of esters is 1. The Kier molecular flexibility index (Phi) is 5.08. The quantitative estimate of drug-likeness (QED) is 0.829. The van der Waals surface area contributed by atoms with Gasteiger partial charge < -0.3 is 15.4 Å². The van der Waals surface area contributed by atoms with Crippen LogP contribution < -0.4 is 5.73 Å². The minimum absolute atomic E-state index is 0.169. The van der Waals surface area contributed by atoms with Crippen LogP contribution in [0.15, 0.2) is 24.3 Å². The van der Waals surface area contributed by atoms with E-state index < -0.39 is 24.3 Å². The zero-order valence-electron chi connectivity index (χ0n) is 12.0. The largest absolute Gasteiger partial charge is 0.452 e. The molecule has 2 rings (SSSR count). The molecule has 7 heteroatoms. The molecule has 0 unspecified atom stereocenters. The van der Waals surface area contributed by atoms with Gasteiger partial charge >= 0.3 is 5.97 Å². The van der Waals surface area contributed by atoms with Crippen molar-refractivity contribution in [2.75, 3.05) is 19.7 Å². The highest BCUT2D eigenvalue weighted by atomic mass is 19.1. The molecule has 0 aromatic heterocycles. The summed E-state index contributed by atoms with van der Waals surface area (Å²) >= 11 is 0. The van der Waals surface area contributed by atoms with Gasteiger partial charge in [-0.2, -0.15) is 0 Å². The average Bonchev–Trinajstić information content (AvgIpc) is 2.53. The number of rotatable bonds is 4. The maximum atomic E-state index is 12.8. The topological polar surface area (TPSA) is 89.7 Å². The third-order valence-corrected chi connectivity index (χ3v) is 3.58. The summed E-state index contributed by atoms with van der Waals surface area (Å²) in [5.41, 5.74) is 5.42. The van der Waals surface area contributed by atoms with Gasteiger partial charge in [-0.1, -0.05) is 0 Å². The number of piperidine rings is 1. The van der Waals surface area contributed by atoms with Crippen molar-refractivity contribution in [1.82, 2.24) is 4.90 Å². The summed E-state index contributed by atoms with van der Waals surface area (Å²) in [4.78, 5) is 36.4. The SMILES string of the molecule is NC(=O)[C@@H]1CCCN(C(=O)COC(=O)c2ccc(F)cc2)C1. The van der Waals surface area contributed by atoms with Crippen molar-refractivity contribution in [2.24, 2.45) is 11.7 Å². The molecule has 6 nitrogen and oxygen atoms in total. The summed E-state index contributed by atoms with van der Waals surface area (Å²) in [7, 11) is 0. The van der Waals surface area contributed by atoms with Crippen molar-refractivity contribution in [3.8, 4) is 0 Å². The number of ether oxygens (including phenoxy) is 1. The number of primary amides is 1. The highest BCUT2D eigenvalue weighted by Gasteiger charge is 2.27. The molecule has 118 valence electrons. The Morgan fingerprint density at radius 2 is 1.95 bits per heavy atom. The molecule has 0 radical (unpaired) electrons. The van der Waals surface area contributed by atoms with Crippen molar-refractivity contribution < 1.29 is 23.5 Å². The van der Waals surface area contributed by atoms with Crippen molar-refractivity contribution in [3.63, 3.8) is 0 Å². The molecule has 1 aromatic carbocycles. The molecule has 0 saturated carbocycles. The van der Waals surface area contributed by atoms with Gasteiger partial charge in [-0.25, -0.2) is 9.18 Å². The zero-order valence-corrected chi connectivity index (χ0v) is 12.0. The molecular weight excluding hydrogens is 291 g/mol. The number of carbonyl (C=O) groups is 3. The van der Waals surface area contributed by atoms with E-state index in [4.69, 9.17) is 10.5 Å². The maximum absolute atomic E-state index is 12.8. The number of nitrogens with zero attached hydrogens (tertiary/aromatic N) is 1. The number of hydrogen-bond acceptors (Lipinski definition) is 4. The molecule has 1 heterocycles. The van der Waals surface area contributed by atoms with Crippen LogP contribution >= 0.6 is 0 Å². The van der Waals surface area contributed by atoms with E-state index in [9.17, 15) is 18.8 Å². The Morgan fingerprint density at radius 3 is 2.59 bits per heavy atom. The number of nitrogens with two attached hydrogens (primary N) is 1. The van der Waals surface area contributed by atoms with Crippen LogP contribution in [-0.2, 0) is 14.3 Å². The van der Waals surface area contributed by atoms with Gasteiger partial charge in [0.1, 0.15) is 5.82 Å². The summed E-state index contributed by atoms with van der Waals surface area (Å²) in [5.74, 6) is -2.32. The Hall–Kier alpha value is -2.44. The van der Waals surface area contributed by atoms with Crippen molar-refractivity contribution >= 4 is 17.8 Å². The van der Waals surface area contributed by atoms with Gasteiger partial charge in [0.15, 0.2) is 6.61 Å². The van der Waals surface area contributed by atoms with E-state index in [1.807, 2.05) is 0 Å². The molecule has 0 aliphatic carbocycles. The predicted molar refractivity (Wildman–Crippen MR) is 75.2 cm³/mol. The van der Waals surface area contributed by atoms with E-state index >= 15 is 0 Å². The van der Waals surface area contributed by atoms with Crippen LogP contribution in [0.4, 0.5) is 4.39 Å². The molecule has 22 heavy (non-hydrogen) atoms. The molecule has 0 bridgehead atoms. The Labute approximate surface area is 127 Å². The molecule has 1 aliphatic heterocycles. The number of halogens is 1. The molecule has 0 spiro atoms. The molecule has 1 fully saturated rings. The van der Waals surface area contributed by atoms with Crippen LogP contribution in [0, 0.1) is 11.7 Å². The van der Waals surface area contributed by atoms with E-state index in [0.717, 1.165) is 12.1 Å². The third kappa shape index (κ3) is 4.03. The average molecular weight is 308 g/mol. The number of benzene rings is 1. The minimum atomic E-state index is -0.697. The smallest absolute Gasteiger partial charge is 0.338 e. The first-order valence-corrected chi connectivity index (χ1v) is 6.97. The van der Waals surface area contributed by atoms with E-state index in [0.29, 0.717) is 19.4 Å². The van der Waals surface area contributed by atoms with Crippen LogP contribution in [0.3, 0.4) is 0 Å². The second-order valence-electron chi connectivity index (χ2n) is 5.16. The second kappa shape index (κ2) is 7.02. The van der Waals surface area contributed by atoms with Gasteiger partial charge in [-0.15, -0.1) is 0 Å². The van der Waals surface area contributed by atoms with Gasteiger partial charge in [0, 0.05) is 13.1 Å². The normalized spacial score (nSPS) is 17.9. The second-order valence-corrected chi connectivity index (χ2v) is 5.16. The van der Waals surface area contributed by atoms with Gasteiger partial charge in [-0.05, 0) is 37.1 Å². The third-order valence-electron chi connectivity index (χ3n) is 3.58. The van der Waals surface area contributed by atoms with Crippen molar-refractivity contribution in [3.05, 3.63) is 35.6 Å². The van der Waals surface area contributed by atoms with Gasteiger partial charge in [0.25, 0.3) is 5.91 Å². The first-order chi connectivity index (χ1) is 10.5. The summed E-state index contributed by atoms with van der Waals surface area (Å²) in [6, 6.07) is 4.85. The minimum Gasteiger partial charge on any atom is -0.452 e. The van der Waals surface area contributed by atoms with Gasteiger partial charge in [-0.3, -0.25) is 9.59 Å². The van der Waals surface area contributed by atoms with E-state index in [-0.39, 0.29) is 23.9 Å². The van der Waals surface area contributed by atoms with Crippen molar-refractivity contribution in [1.29, 1.82) is 0 Å². The van der Waals surface area contributed by atoms with Crippen LogP contribution in [0.1, 0.15) is 23.2 Å². The standard InChI is InChI=1S/C15H17FN2O4/c16-12-5-3-10(4-6-12)15(21)22-9-13(19)18-7-1-2-11(8-18)14(17)20/h3-6,11H,1-2,7-9H2,(H2,17,20)/t11-/m1/s1. The molecule has 1 aromatic rings. The summed E-state index contributed by atoms with van der Waals surface area (Å²) in [6.45, 7) is 0.348. The first kappa shape index (κ1) is 15.9. The number of hydrogen-bond donors (Lipinski definition) is 1. The summed E-state index contributed by atoms with van der Waals surface area (Å²) in [5, 5.41) is 0. The lowest BCUT2D eigenvalue weighted by molar-refractivity contribution is -0.137. The highest BCUT2D eigenvalue weighted by molar-refractivity contribution is 5.91.